The van der Waals surface area contributed by atoms with E-state index in [9.17, 15) is 8.78 Å². The zero-order chi connectivity index (χ0) is 22.8. The fourth-order valence-corrected chi connectivity index (χ4v) is 3.53. The minimum Gasteiger partial charge on any atom is -0.315 e. The van der Waals surface area contributed by atoms with Gasteiger partial charge in [-0.1, -0.05) is 11.6 Å². The second-order valence-electron chi connectivity index (χ2n) is 7.52. The Morgan fingerprint density at radius 1 is 1.19 bits per heavy atom. The molecular formula is C24H20F2N6. The van der Waals surface area contributed by atoms with Crippen molar-refractivity contribution < 1.29 is 8.78 Å². The summed E-state index contributed by atoms with van der Waals surface area (Å²) in [7, 11) is 0. The molecule has 2 heterocycles. The molecule has 0 bridgehead atoms. The zero-order valence-electron chi connectivity index (χ0n) is 17.6. The first-order chi connectivity index (χ1) is 15.4. The first-order valence-electron chi connectivity index (χ1n) is 9.99. The Kier molecular flexibility index (Phi) is 5.65. The number of nitrogens with zero attached hydrogens (tertiary/aromatic N) is 5. The molecule has 0 saturated carbocycles. The van der Waals surface area contributed by atoms with Crippen LogP contribution in [0.4, 0.5) is 8.78 Å². The van der Waals surface area contributed by atoms with Crippen LogP contribution in [0.15, 0.2) is 54.4 Å². The number of imidazole rings is 1. The number of aryl methyl sites for hydroxylation is 2. The summed E-state index contributed by atoms with van der Waals surface area (Å²) in [6, 6.07) is 12.7. The van der Waals surface area contributed by atoms with Crippen LogP contribution in [0.5, 0.6) is 0 Å². The Bertz CT molecular complexity index is 1440. The highest BCUT2D eigenvalue weighted by molar-refractivity contribution is 5.72. The molecule has 0 aliphatic rings. The first-order valence-corrected chi connectivity index (χ1v) is 9.99. The molecule has 4 rings (SSSR count). The first kappa shape index (κ1) is 21.1. The number of nitrogens with one attached hydrogen (secondary N) is 1. The van der Waals surface area contributed by atoms with Crippen LogP contribution in [0, 0.1) is 35.3 Å². The Morgan fingerprint density at radius 2 is 1.94 bits per heavy atom. The quantitative estimate of drug-likeness (QED) is 0.500. The van der Waals surface area contributed by atoms with Crippen LogP contribution in [0.2, 0.25) is 0 Å². The van der Waals surface area contributed by atoms with Gasteiger partial charge >= 0.3 is 0 Å². The van der Waals surface area contributed by atoms with E-state index >= 15 is 0 Å². The van der Waals surface area contributed by atoms with Gasteiger partial charge in [-0.3, -0.25) is 9.98 Å². The third kappa shape index (κ3) is 4.05. The number of halogens is 2. The van der Waals surface area contributed by atoms with Gasteiger partial charge in [-0.25, -0.2) is 18.7 Å². The summed E-state index contributed by atoms with van der Waals surface area (Å²) < 4.78 is 30.5. The lowest BCUT2D eigenvalue weighted by molar-refractivity contribution is 0.581. The van der Waals surface area contributed by atoms with Gasteiger partial charge in [0.15, 0.2) is 16.7 Å². The number of hydrogen-bond donors (Lipinski definition) is 1. The van der Waals surface area contributed by atoms with Gasteiger partial charge in [0, 0.05) is 23.9 Å². The second-order valence-corrected chi connectivity index (χ2v) is 7.52. The molecule has 6 nitrogen and oxygen atoms in total. The average molecular weight is 430 g/mol. The van der Waals surface area contributed by atoms with Crippen molar-refractivity contribution in [1.82, 2.24) is 19.1 Å². The molecule has 0 aliphatic carbocycles. The van der Waals surface area contributed by atoms with Gasteiger partial charge in [0.1, 0.15) is 17.5 Å². The molecule has 1 N–H and O–H groups in total. The molecule has 2 aromatic carbocycles. The minimum absolute atomic E-state index is 0.228. The Hall–Kier alpha value is -4.12. The lowest BCUT2D eigenvalue weighted by Crippen LogP contribution is -2.21. The summed E-state index contributed by atoms with van der Waals surface area (Å²) in [5, 5.41) is 17.6. The fourth-order valence-electron chi connectivity index (χ4n) is 3.53. The van der Waals surface area contributed by atoms with E-state index in [4.69, 9.17) is 10.7 Å². The molecule has 0 atom stereocenters. The van der Waals surface area contributed by atoms with Crippen molar-refractivity contribution in [2.45, 2.75) is 26.8 Å². The molecule has 32 heavy (non-hydrogen) atoms. The van der Waals surface area contributed by atoms with E-state index in [1.54, 1.807) is 29.1 Å². The monoisotopic (exact) mass is 430 g/mol. The maximum atomic E-state index is 13.9. The van der Waals surface area contributed by atoms with Crippen molar-refractivity contribution >= 4 is 17.2 Å². The molecule has 0 aliphatic heterocycles. The molecule has 0 amide bonds. The summed E-state index contributed by atoms with van der Waals surface area (Å²) in [4.78, 5) is 9.06. The Labute approximate surface area is 183 Å². The Balaban J connectivity index is 1.61. The highest BCUT2D eigenvalue weighted by atomic mass is 19.1. The summed E-state index contributed by atoms with van der Waals surface area (Å²) >= 11 is 0. The standard InChI is InChI=1S/C24H20F2N6/c1-15(11-18-5-6-19(25)12-21(18)26)9-10-31-14-29-24-22(23(31)28)30-16(2)32(24)20-7-3-17(13-27)4-8-20/h3-8,11-12,14,28H,9-10H2,1-2H3. The van der Waals surface area contributed by atoms with Gasteiger partial charge < -0.3 is 4.57 Å². The summed E-state index contributed by atoms with van der Waals surface area (Å²) in [5.74, 6) is -0.529. The largest absolute Gasteiger partial charge is 0.315 e. The lowest BCUT2D eigenvalue weighted by Gasteiger charge is -2.09. The number of fused-ring (bicyclic) bond motifs is 1. The van der Waals surface area contributed by atoms with Gasteiger partial charge in [-0.15, -0.1) is 0 Å². The Morgan fingerprint density at radius 3 is 2.62 bits per heavy atom. The van der Waals surface area contributed by atoms with Crippen LogP contribution in [0.25, 0.3) is 22.9 Å². The van der Waals surface area contributed by atoms with Crippen LogP contribution in [0.1, 0.15) is 30.3 Å². The summed E-state index contributed by atoms with van der Waals surface area (Å²) in [6.07, 6.45) is 3.84. The van der Waals surface area contributed by atoms with Crippen molar-refractivity contribution in [3.8, 4) is 11.8 Å². The third-order valence-corrected chi connectivity index (χ3v) is 5.22. The van der Waals surface area contributed by atoms with Crippen LogP contribution in [-0.4, -0.2) is 19.1 Å². The number of rotatable bonds is 5. The lowest BCUT2D eigenvalue weighted by atomic mass is 10.1. The third-order valence-electron chi connectivity index (χ3n) is 5.22. The fraction of sp³-hybridized carbons (Fsp3) is 0.167. The normalized spacial score (nSPS) is 11.7. The van der Waals surface area contributed by atoms with E-state index in [1.807, 2.05) is 30.5 Å². The van der Waals surface area contributed by atoms with Crippen LogP contribution in [0.3, 0.4) is 0 Å². The molecule has 4 aromatic rings. The van der Waals surface area contributed by atoms with Crippen LogP contribution >= 0.6 is 0 Å². The molecule has 8 heteroatoms. The number of allylic oxidation sites excluding steroid dienone is 1. The van der Waals surface area contributed by atoms with E-state index in [-0.39, 0.29) is 5.49 Å². The van der Waals surface area contributed by atoms with Crippen molar-refractivity contribution in [3.63, 3.8) is 0 Å². The van der Waals surface area contributed by atoms with Gasteiger partial charge in [0.2, 0.25) is 0 Å². The predicted molar refractivity (Wildman–Crippen MR) is 117 cm³/mol. The molecule has 2 aromatic heterocycles. The van der Waals surface area contributed by atoms with Crippen molar-refractivity contribution in [2.75, 3.05) is 0 Å². The van der Waals surface area contributed by atoms with Gasteiger partial charge in [0.25, 0.3) is 0 Å². The summed E-state index contributed by atoms with van der Waals surface area (Å²) in [5.41, 5.74) is 3.86. The van der Waals surface area contributed by atoms with Crippen molar-refractivity contribution in [3.05, 3.63) is 88.4 Å². The van der Waals surface area contributed by atoms with Crippen molar-refractivity contribution in [1.29, 1.82) is 10.7 Å². The van der Waals surface area contributed by atoms with Crippen molar-refractivity contribution in [2.24, 2.45) is 0 Å². The molecule has 0 unspecified atom stereocenters. The van der Waals surface area contributed by atoms with Gasteiger partial charge in [0.05, 0.1) is 18.0 Å². The number of nitriles is 1. The van der Waals surface area contributed by atoms with Crippen LogP contribution in [-0.2, 0) is 6.54 Å². The average Bonchev–Trinajstić information content (AvgIpc) is 3.12. The molecular weight excluding hydrogens is 410 g/mol. The van der Waals surface area contributed by atoms with E-state index < -0.39 is 11.6 Å². The molecule has 0 fully saturated rings. The SMILES string of the molecule is CC(=Cc1ccc(F)cc1F)CCn1cnc2c(nc(C)n2-c2ccc(C#N)cc2)c1=N. The zero-order valence-corrected chi connectivity index (χ0v) is 17.6. The predicted octanol–water partition coefficient (Wildman–Crippen LogP) is 4.65. The second kappa shape index (κ2) is 8.55. The summed E-state index contributed by atoms with van der Waals surface area (Å²) in [6.45, 7) is 4.17. The van der Waals surface area contributed by atoms with E-state index in [1.165, 1.54) is 12.1 Å². The highest BCUT2D eigenvalue weighted by Crippen LogP contribution is 2.19. The van der Waals surface area contributed by atoms with Crippen LogP contribution < -0.4 is 5.49 Å². The minimum atomic E-state index is -0.609. The van der Waals surface area contributed by atoms with E-state index in [0.29, 0.717) is 41.1 Å². The molecule has 0 radical (unpaired) electrons. The molecule has 0 saturated heterocycles. The topological polar surface area (TPSA) is 83.3 Å². The van der Waals surface area contributed by atoms with E-state index in [2.05, 4.69) is 16.0 Å². The van der Waals surface area contributed by atoms with Gasteiger partial charge in [-0.2, -0.15) is 5.26 Å². The number of hydrogen-bond acceptors (Lipinski definition) is 4. The maximum absolute atomic E-state index is 13.9. The van der Waals surface area contributed by atoms with E-state index in [0.717, 1.165) is 17.3 Å². The maximum Gasteiger partial charge on any atom is 0.170 e. The smallest absolute Gasteiger partial charge is 0.170 e. The van der Waals surface area contributed by atoms with Gasteiger partial charge in [-0.05, 0) is 56.7 Å². The number of aromatic nitrogens is 4. The molecule has 0 spiro atoms. The molecule has 160 valence electrons. The number of benzene rings is 2. The highest BCUT2D eigenvalue weighted by Gasteiger charge is 2.13.